The van der Waals surface area contributed by atoms with Crippen molar-refractivity contribution in [2.75, 3.05) is 10.5 Å². The summed E-state index contributed by atoms with van der Waals surface area (Å²) < 4.78 is 27.3. The predicted molar refractivity (Wildman–Crippen MR) is 75.8 cm³/mol. The highest BCUT2D eigenvalue weighted by molar-refractivity contribution is 9.10. The molecule has 0 fully saturated rings. The fourth-order valence-corrected chi connectivity index (χ4v) is 3.49. The number of sulfonamides is 1. The number of nitrogen functional groups attached to an aromatic ring is 1. The number of nitrogens with two attached hydrogens (primary N) is 1. The number of hydrogen-bond donors (Lipinski definition) is 2. The number of halogens is 1. The summed E-state index contributed by atoms with van der Waals surface area (Å²) in [5.41, 5.74) is 6.60. The molecule has 2 rings (SSSR count). The first kappa shape index (κ1) is 12.9. The van der Waals surface area contributed by atoms with E-state index in [0.717, 1.165) is 0 Å². The van der Waals surface area contributed by atoms with Crippen LogP contribution >= 0.6 is 15.9 Å². The van der Waals surface area contributed by atoms with Gasteiger partial charge in [0, 0.05) is 15.8 Å². The molecule has 0 radical (unpaired) electrons. The standard InChI is InChI=1S/C12H11BrN2O2S/c13-11-3-1-2-4-12(11)18(16,17)15-10-7-5-9(14)6-8-10/h1-8,15H,14H2. The van der Waals surface area contributed by atoms with Crippen molar-refractivity contribution in [3.8, 4) is 0 Å². The highest BCUT2D eigenvalue weighted by Gasteiger charge is 2.16. The molecule has 0 aliphatic carbocycles. The van der Waals surface area contributed by atoms with Crippen molar-refractivity contribution < 1.29 is 8.42 Å². The van der Waals surface area contributed by atoms with Crippen molar-refractivity contribution in [1.82, 2.24) is 0 Å². The summed E-state index contributed by atoms with van der Waals surface area (Å²) >= 11 is 3.22. The fraction of sp³-hybridized carbons (Fsp3) is 0. The minimum atomic E-state index is -3.59. The molecule has 3 N–H and O–H groups in total. The Morgan fingerprint density at radius 1 is 1.00 bits per heavy atom. The first-order valence-electron chi connectivity index (χ1n) is 5.12. The molecule has 2 aromatic carbocycles. The molecule has 4 nitrogen and oxygen atoms in total. The van der Waals surface area contributed by atoms with Crippen LogP contribution in [0.15, 0.2) is 57.9 Å². The predicted octanol–water partition coefficient (Wildman–Crippen LogP) is 2.83. The Hall–Kier alpha value is -1.53. The number of nitrogens with one attached hydrogen (secondary N) is 1. The van der Waals surface area contributed by atoms with E-state index < -0.39 is 10.0 Å². The van der Waals surface area contributed by atoms with Crippen molar-refractivity contribution in [3.63, 3.8) is 0 Å². The van der Waals surface area contributed by atoms with Crippen molar-refractivity contribution in [3.05, 3.63) is 53.0 Å². The van der Waals surface area contributed by atoms with Gasteiger partial charge in [-0.25, -0.2) is 8.42 Å². The van der Waals surface area contributed by atoms with Gasteiger partial charge in [-0.05, 0) is 52.3 Å². The van der Waals surface area contributed by atoms with E-state index in [4.69, 9.17) is 5.73 Å². The van der Waals surface area contributed by atoms with Crippen LogP contribution in [0.4, 0.5) is 11.4 Å². The van der Waals surface area contributed by atoms with E-state index in [9.17, 15) is 8.42 Å². The molecule has 0 spiro atoms. The van der Waals surface area contributed by atoms with E-state index in [1.807, 2.05) is 0 Å². The maximum atomic E-state index is 12.1. The average molecular weight is 327 g/mol. The van der Waals surface area contributed by atoms with Crippen LogP contribution in [0.3, 0.4) is 0 Å². The zero-order valence-corrected chi connectivity index (χ0v) is 11.7. The second-order valence-corrected chi connectivity index (χ2v) is 6.16. The van der Waals surface area contributed by atoms with E-state index in [2.05, 4.69) is 20.7 Å². The molecule has 0 atom stereocenters. The van der Waals surface area contributed by atoms with Gasteiger partial charge >= 0.3 is 0 Å². The molecule has 0 saturated carbocycles. The molecular weight excluding hydrogens is 316 g/mol. The Morgan fingerprint density at radius 3 is 2.22 bits per heavy atom. The number of benzene rings is 2. The molecule has 0 bridgehead atoms. The lowest BCUT2D eigenvalue weighted by molar-refractivity contribution is 0.601. The summed E-state index contributed by atoms with van der Waals surface area (Å²) in [4.78, 5) is 0.196. The highest BCUT2D eigenvalue weighted by atomic mass is 79.9. The van der Waals surface area contributed by atoms with E-state index in [1.54, 1.807) is 42.5 Å². The van der Waals surface area contributed by atoms with E-state index in [1.165, 1.54) is 6.07 Å². The summed E-state index contributed by atoms with van der Waals surface area (Å²) in [7, 11) is -3.59. The van der Waals surface area contributed by atoms with Crippen molar-refractivity contribution in [2.45, 2.75) is 4.90 Å². The Kier molecular flexibility index (Phi) is 3.58. The fourth-order valence-electron chi connectivity index (χ4n) is 1.42. The number of rotatable bonds is 3. The van der Waals surface area contributed by atoms with Gasteiger partial charge in [-0.3, -0.25) is 4.72 Å². The average Bonchev–Trinajstić information content (AvgIpc) is 2.32. The summed E-state index contributed by atoms with van der Waals surface area (Å²) in [6, 6.07) is 13.1. The summed E-state index contributed by atoms with van der Waals surface area (Å²) in [6.45, 7) is 0. The maximum absolute atomic E-state index is 12.1. The second kappa shape index (κ2) is 4.99. The van der Waals surface area contributed by atoms with Gasteiger partial charge < -0.3 is 5.73 Å². The second-order valence-electron chi connectivity index (χ2n) is 3.66. The highest BCUT2D eigenvalue weighted by Crippen LogP contribution is 2.23. The third-order valence-corrected chi connectivity index (χ3v) is 4.68. The van der Waals surface area contributed by atoms with Gasteiger partial charge in [0.2, 0.25) is 0 Å². The smallest absolute Gasteiger partial charge is 0.263 e. The van der Waals surface area contributed by atoms with Crippen molar-refractivity contribution in [1.29, 1.82) is 0 Å². The van der Waals surface area contributed by atoms with Crippen LogP contribution in [0, 0.1) is 0 Å². The molecule has 0 saturated heterocycles. The van der Waals surface area contributed by atoms with Gasteiger partial charge in [0.15, 0.2) is 0 Å². The van der Waals surface area contributed by atoms with E-state index >= 15 is 0 Å². The zero-order valence-electron chi connectivity index (χ0n) is 9.30. The Balaban J connectivity index is 2.33. The van der Waals surface area contributed by atoms with Crippen LogP contribution < -0.4 is 10.5 Å². The minimum Gasteiger partial charge on any atom is -0.399 e. The summed E-state index contributed by atoms with van der Waals surface area (Å²) in [5, 5.41) is 0. The normalized spacial score (nSPS) is 11.2. The van der Waals surface area contributed by atoms with Crippen molar-refractivity contribution in [2.24, 2.45) is 0 Å². The van der Waals surface area contributed by atoms with Gasteiger partial charge in [0.1, 0.15) is 4.90 Å². The van der Waals surface area contributed by atoms with Crippen LogP contribution in [0.5, 0.6) is 0 Å². The molecular formula is C12H11BrN2O2S. The lowest BCUT2D eigenvalue weighted by Crippen LogP contribution is -2.13. The van der Waals surface area contributed by atoms with Crippen molar-refractivity contribution >= 4 is 37.3 Å². The molecule has 0 amide bonds. The maximum Gasteiger partial charge on any atom is 0.263 e. The Bertz CT molecular complexity index is 654. The first-order valence-corrected chi connectivity index (χ1v) is 7.39. The van der Waals surface area contributed by atoms with Gasteiger partial charge in [-0.2, -0.15) is 0 Å². The van der Waals surface area contributed by atoms with Gasteiger partial charge in [0.25, 0.3) is 10.0 Å². The molecule has 0 aliphatic heterocycles. The van der Waals surface area contributed by atoms with Gasteiger partial charge in [-0.1, -0.05) is 12.1 Å². The molecule has 18 heavy (non-hydrogen) atoms. The van der Waals surface area contributed by atoms with E-state index in [0.29, 0.717) is 15.8 Å². The largest absolute Gasteiger partial charge is 0.399 e. The molecule has 6 heteroatoms. The van der Waals surface area contributed by atoms with Crippen LogP contribution in [0.25, 0.3) is 0 Å². The molecule has 0 unspecified atom stereocenters. The monoisotopic (exact) mass is 326 g/mol. The molecule has 2 aromatic rings. The van der Waals surface area contributed by atoms with Crippen LogP contribution in [-0.2, 0) is 10.0 Å². The van der Waals surface area contributed by atoms with Gasteiger partial charge in [0.05, 0.1) is 0 Å². The van der Waals surface area contributed by atoms with Gasteiger partial charge in [-0.15, -0.1) is 0 Å². The topological polar surface area (TPSA) is 72.2 Å². The van der Waals surface area contributed by atoms with Crippen LogP contribution in [0.1, 0.15) is 0 Å². The molecule has 0 aromatic heterocycles. The van der Waals surface area contributed by atoms with Crippen LogP contribution in [-0.4, -0.2) is 8.42 Å². The van der Waals surface area contributed by atoms with Crippen LogP contribution in [0.2, 0.25) is 0 Å². The quantitative estimate of drug-likeness (QED) is 0.852. The summed E-state index contributed by atoms with van der Waals surface area (Å²) in [6.07, 6.45) is 0. The van der Waals surface area contributed by atoms with E-state index in [-0.39, 0.29) is 4.90 Å². The third kappa shape index (κ3) is 2.83. The lowest BCUT2D eigenvalue weighted by Gasteiger charge is -2.09. The number of hydrogen-bond acceptors (Lipinski definition) is 3. The Labute approximate surface area is 114 Å². The molecule has 94 valence electrons. The third-order valence-electron chi connectivity index (χ3n) is 2.29. The molecule has 0 heterocycles. The molecule has 0 aliphatic rings. The summed E-state index contributed by atoms with van der Waals surface area (Å²) in [5.74, 6) is 0. The SMILES string of the molecule is Nc1ccc(NS(=O)(=O)c2ccccc2Br)cc1. The number of anilines is 2. The lowest BCUT2D eigenvalue weighted by atomic mass is 10.3. The first-order chi connectivity index (χ1) is 8.49. The Morgan fingerprint density at radius 2 is 1.61 bits per heavy atom. The minimum absolute atomic E-state index is 0.196. The zero-order chi connectivity index (χ0) is 13.2.